The van der Waals surface area contributed by atoms with Gasteiger partial charge in [0, 0.05) is 6.08 Å². The zero-order valence-corrected chi connectivity index (χ0v) is 8.26. The zero-order chi connectivity index (χ0) is 9.82. The SMILES string of the molecule is C#C/C=C(/CN)OCCC.CC. The molecule has 2 N–H and O–H groups in total. The van der Waals surface area contributed by atoms with E-state index < -0.39 is 0 Å². The van der Waals surface area contributed by atoms with E-state index in [9.17, 15) is 0 Å². The van der Waals surface area contributed by atoms with Crippen molar-refractivity contribution in [3.05, 3.63) is 11.8 Å². The van der Waals surface area contributed by atoms with E-state index in [1.165, 1.54) is 0 Å². The summed E-state index contributed by atoms with van der Waals surface area (Å²) in [6.45, 7) is 7.10. The Kier molecular flexibility index (Phi) is 14.4. The standard InChI is InChI=1S/C8H13NO.C2H6/c1-3-5-8(7-9)10-6-4-2;1-2/h1,5H,4,6-7,9H2,2H3;1-2H3/b8-5-;. The lowest BCUT2D eigenvalue weighted by Crippen LogP contribution is -2.06. The van der Waals surface area contributed by atoms with Crippen LogP contribution in [0.3, 0.4) is 0 Å². The van der Waals surface area contributed by atoms with Crippen LogP contribution in [0.4, 0.5) is 0 Å². The van der Waals surface area contributed by atoms with E-state index in [1.54, 1.807) is 6.08 Å². The van der Waals surface area contributed by atoms with Gasteiger partial charge in [0.15, 0.2) is 0 Å². The molecule has 2 nitrogen and oxygen atoms in total. The van der Waals surface area contributed by atoms with Crippen molar-refractivity contribution in [2.24, 2.45) is 5.73 Å². The van der Waals surface area contributed by atoms with Gasteiger partial charge in [0.05, 0.1) is 13.2 Å². The molecule has 0 amide bonds. The highest BCUT2D eigenvalue weighted by atomic mass is 16.5. The number of hydrogen-bond donors (Lipinski definition) is 1. The maximum Gasteiger partial charge on any atom is 0.118 e. The third-order valence-corrected chi connectivity index (χ3v) is 0.937. The minimum atomic E-state index is 0.379. The van der Waals surface area contributed by atoms with Crippen LogP contribution in [0.15, 0.2) is 11.8 Å². The Morgan fingerprint density at radius 2 is 2.17 bits per heavy atom. The summed E-state index contributed by atoms with van der Waals surface area (Å²) in [6, 6.07) is 0. The Bertz CT molecular complexity index is 144. The van der Waals surface area contributed by atoms with Gasteiger partial charge in [-0.25, -0.2) is 0 Å². The molecule has 0 radical (unpaired) electrons. The smallest absolute Gasteiger partial charge is 0.118 e. The Labute approximate surface area is 75.8 Å². The number of terminal acetylenes is 1. The van der Waals surface area contributed by atoms with Crippen LogP contribution < -0.4 is 5.73 Å². The Hall–Kier alpha value is -0.940. The summed E-state index contributed by atoms with van der Waals surface area (Å²) in [5.41, 5.74) is 5.31. The number of ether oxygens (including phenoxy) is 1. The third kappa shape index (κ3) is 9.06. The minimum absolute atomic E-state index is 0.379. The van der Waals surface area contributed by atoms with Crippen LogP contribution in [0.25, 0.3) is 0 Å². The molecule has 0 spiro atoms. The maximum absolute atomic E-state index is 5.31. The van der Waals surface area contributed by atoms with Crippen molar-refractivity contribution in [2.75, 3.05) is 13.2 Å². The van der Waals surface area contributed by atoms with Gasteiger partial charge in [0.25, 0.3) is 0 Å². The van der Waals surface area contributed by atoms with Gasteiger partial charge in [-0.2, -0.15) is 0 Å². The van der Waals surface area contributed by atoms with Gasteiger partial charge in [-0.1, -0.05) is 26.7 Å². The van der Waals surface area contributed by atoms with Crippen LogP contribution in [0.2, 0.25) is 0 Å². The molecule has 0 unspecified atom stereocenters. The lowest BCUT2D eigenvalue weighted by Gasteiger charge is -2.04. The number of hydrogen-bond acceptors (Lipinski definition) is 2. The first-order valence-corrected chi connectivity index (χ1v) is 4.33. The molecule has 2 heteroatoms. The van der Waals surface area contributed by atoms with Gasteiger partial charge in [-0.05, 0) is 6.42 Å². The molecule has 0 aliphatic rings. The molecule has 0 aromatic heterocycles. The van der Waals surface area contributed by atoms with Crippen molar-refractivity contribution < 1.29 is 4.74 Å². The second-order valence-electron chi connectivity index (χ2n) is 1.83. The van der Waals surface area contributed by atoms with E-state index in [2.05, 4.69) is 5.92 Å². The molecule has 0 aliphatic carbocycles. The molecule has 0 bridgehead atoms. The molecule has 0 heterocycles. The van der Waals surface area contributed by atoms with Gasteiger partial charge in [0.1, 0.15) is 5.76 Å². The van der Waals surface area contributed by atoms with Gasteiger partial charge in [-0.3, -0.25) is 0 Å². The fraction of sp³-hybridized carbons (Fsp3) is 0.600. The van der Waals surface area contributed by atoms with Crippen molar-refractivity contribution >= 4 is 0 Å². The fourth-order valence-electron chi connectivity index (χ4n) is 0.486. The van der Waals surface area contributed by atoms with Gasteiger partial charge < -0.3 is 10.5 Å². The monoisotopic (exact) mass is 169 g/mol. The summed E-state index contributed by atoms with van der Waals surface area (Å²) >= 11 is 0. The highest BCUT2D eigenvalue weighted by Crippen LogP contribution is 1.94. The van der Waals surface area contributed by atoms with E-state index in [0.717, 1.165) is 6.42 Å². The number of allylic oxidation sites excluding steroid dienone is 1. The molecule has 0 aliphatic heterocycles. The summed E-state index contributed by atoms with van der Waals surface area (Å²) in [4.78, 5) is 0. The van der Waals surface area contributed by atoms with Crippen molar-refractivity contribution in [3.8, 4) is 12.3 Å². The molecule has 12 heavy (non-hydrogen) atoms. The molecule has 0 saturated heterocycles. The Balaban J connectivity index is 0. The maximum atomic E-state index is 5.31. The second-order valence-corrected chi connectivity index (χ2v) is 1.83. The Morgan fingerprint density at radius 1 is 1.58 bits per heavy atom. The van der Waals surface area contributed by atoms with Gasteiger partial charge in [-0.15, -0.1) is 6.42 Å². The summed E-state index contributed by atoms with van der Waals surface area (Å²) in [6.07, 6.45) is 7.54. The first-order valence-electron chi connectivity index (χ1n) is 4.33. The summed E-state index contributed by atoms with van der Waals surface area (Å²) in [5, 5.41) is 0. The van der Waals surface area contributed by atoms with E-state index in [-0.39, 0.29) is 0 Å². The van der Waals surface area contributed by atoms with Gasteiger partial charge in [0.2, 0.25) is 0 Å². The lowest BCUT2D eigenvalue weighted by atomic mass is 10.4. The summed E-state index contributed by atoms with van der Waals surface area (Å²) in [5.74, 6) is 3.05. The van der Waals surface area contributed by atoms with E-state index >= 15 is 0 Å². The molecule has 0 atom stereocenters. The molecular formula is C10H19NO. The quantitative estimate of drug-likeness (QED) is 0.515. The predicted octanol–water partition coefficient (Wildman–Crippen LogP) is 1.92. The predicted molar refractivity (Wildman–Crippen MR) is 53.6 cm³/mol. The summed E-state index contributed by atoms with van der Waals surface area (Å²) < 4.78 is 5.17. The molecule has 0 aromatic rings. The molecule has 0 saturated carbocycles. The van der Waals surface area contributed by atoms with Crippen LogP contribution in [-0.4, -0.2) is 13.2 Å². The molecular weight excluding hydrogens is 150 g/mol. The molecule has 70 valence electrons. The van der Waals surface area contributed by atoms with Crippen molar-refractivity contribution in [1.29, 1.82) is 0 Å². The normalized spacial score (nSPS) is 9.42. The average molecular weight is 169 g/mol. The van der Waals surface area contributed by atoms with E-state index in [4.69, 9.17) is 16.9 Å². The van der Waals surface area contributed by atoms with Crippen LogP contribution >= 0.6 is 0 Å². The first-order chi connectivity index (χ1) is 5.85. The van der Waals surface area contributed by atoms with E-state index in [1.807, 2.05) is 20.8 Å². The highest BCUT2D eigenvalue weighted by Gasteiger charge is 1.90. The second kappa shape index (κ2) is 12.7. The topological polar surface area (TPSA) is 35.2 Å². The van der Waals surface area contributed by atoms with Crippen molar-refractivity contribution in [3.63, 3.8) is 0 Å². The lowest BCUT2D eigenvalue weighted by molar-refractivity contribution is 0.210. The average Bonchev–Trinajstić information content (AvgIpc) is 2.15. The minimum Gasteiger partial charge on any atom is -0.496 e. The molecule has 0 aromatic carbocycles. The largest absolute Gasteiger partial charge is 0.496 e. The van der Waals surface area contributed by atoms with Crippen LogP contribution in [0.5, 0.6) is 0 Å². The highest BCUT2D eigenvalue weighted by molar-refractivity contribution is 5.13. The van der Waals surface area contributed by atoms with Gasteiger partial charge >= 0.3 is 0 Å². The van der Waals surface area contributed by atoms with Crippen LogP contribution in [-0.2, 0) is 4.74 Å². The van der Waals surface area contributed by atoms with Crippen molar-refractivity contribution in [2.45, 2.75) is 27.2 Å². The summed E-state index contributed by atoms with van der Waals surface area (Å²) in [7, 11) is 0. The first kappa shape index (κ1) is 13.6. The number of rotatable bonds is 4. The molecule has 0 fully saturated rings. The fourth-order valence-corrected chi connectivity index (χ4v) is 0.486. The van der Waals surface area contributed by atoms with Crippen molar-refractivity contribution in [1.82, 2.24) is 0 Å². The molecule has 0 rings (SSSR count). The third-order valence-electron chi connectivity index (χ3n) is 0.937. The number of nitrogens with two attached hydrogens (primary N) is 1. The van der Waals surface area contributed by atoms with E-state index in [0.29, 0.717) is 18.9 Å². The zero-order valence-electron chi connectivity index (χ0n) is 8.26. The van der Waals surface area contributed by atoms with Crippen LogP contribution in [0.1, 0.15) is 27.2 Å². The van der Waals surface area contributed by atoms with Crippen LogP contribution in [0, 0.1) is 12.3 Å². The Morgan fingerprint density at radius 3 is 2.50 bits per heavy atom.